The SMILES string of the molecule is CC(C)(N)C(=O)N[C@H](CCCc1c(F)cccc1F)C(=O)O. The highest BCUT2D eigenvalue weighted by molar-refractivity contribution is 5.89. The van der Waals surface area contributed by atoms with E-state index < -0.39 is 35.1 Å². The molecule has 1 aromatic rings. The Bertz CT molecular complexity index is 536. The van der Waals surface area contributed by atoms with E-state index in [4.69, 9.17) is 10.8 Å². The van der Waals surface area contributed by atoms with Gasteiger partial charge in [-0.3, -0.25) is 4.79 Å². The summed E-state index contributed by atoms with van der Waals surface area (Å²) in [5, 5.41) is 11.4. The first-order chi connectivity index (χ1) is 10.1. The van der Waals surface area contributed by atoms with Crippen molar-refractivity contribution in [3.8, 4) is 0 Å². The van der Waals surface area contributed by atoms with Gasteiger partial charge < -0.3 is 16.2 Å². The third-order valence-electron chi connectivity index (χ3n) is 3.17. The van der Waals surface area contributed by atoms with E-state index in [1.165, 1.54) is 19.9 Å². The maximum absolute atomic E-state index is 13.5. The lowest BCUT2D eigenvalue weighted by molar-refractivity contribution is -0.142. The lowest BCUT2D eigenvalue weighted by Gasteiger charge is -2.21. The molecule has 0 heterocycles. The molecule has 5 nitrogen and oxygen atoms in total. The summed E-state index contributed by atoms with van der Waals surface area (Å²) in [6.45, 7) is 2.91. The fraction of sp³-hybridized carbons (Fsp3) is 0.467. The molecular formula is C15H20F2N2O3. The monoisotopic (exact) mass is 314 g/mol. The van der Waals surface area contributed by atoms with Crippen molar-refractivity contribution in [3.05, 3.63) is 35.4 Å². The number of carbonyl (C=O) groups excluding carboxylic acids is 1. The minimum Gasteiger partial charge on any atom is -0.480 e. The van der Waals surface area contributed by atoms with Gasteiger partial charge in [-0.05, 0) is 45.2 Å². The van der Waals surface area contributed by atoms with Gasteiger partial charge in [0.15, 0.2) is 0 Å². The molecule has 122 valence electrons. The summed E-state index contributed by atoms with van der Waals surface area (Å²) in [7, 11) is 0. The van der Waals surface area contributed by atoms with Gasteiger partial charge in [-0.15, -0.1) is 0 Å². The van der Waals surface area contributed by atoms with Gasteiger partial charge >= 0.3 is 5.97 Å². The van der Waals surface area contributed by atoms with Crippen molar-refractivity contribution < 1.29 is 23.5 Å². The Morgan fingerprint density at radius 1 is 1.32 bits per heavy atom. The first-order valence-corrected chi connectivity index (χ1v) is 6.88. The molecule has 4 N–H and O–H groups in total. The number of hydrogen-bond donors (Lipinski definition) is 3. The molecule has 1 rings (SSSR count). The van der Waals surface area contributed by atoms with E-state index in [0.29, 0.717) is 0 Å². The Balaban J connectivity index is 2.63. The van der Waals surface area contributed by atoms with E-state index in [-0.39, 0.29) is 24.8 Å². The zero-order valence-corrected chi connectivity index (χ0v) is 12.5. The minimum atomic E-state index is -1.22. The van der Waals surface area contributed by atoms with Crippen LogP contribution in [-0.2, 0) is 16.0 Å². The van der Waals surface area contributed by atoms with Crippen molar-refractivity contribution in [1.82, 2.24) is 5.32 Å². The Labute approximate surface area is 127 Å². The van der Waals surface area contributed by atoms with Gasteiger partial charge in [-0.25, -0.2) is 13.6 Å². The van der Waals surface area contributed by atoms with Gasteiger partial charge in [0, 0.05) is 5.56 Å². The number of carboxylic acids is 1. The second-order valence-corrected chi connectivity index (χ2v) is 5.68. The van der Waals surface area contributed by atoms with Gasteiger partial charge in [0.1, 0.15) is 17.7 Å². The van der Waals surface area contributed by atoms with Crippen LogP contribution in [0.1, 0.15) is 32.3 Å². The van der Waals surface area contributed by atoms with Crippen LogP contribution in [0.4, 0.5) is 8.78 Å². The molecule has 1 amide bonds. The van der Waals surface area contributed by atoms with E-state index >= 15 is 0 Å². The third kappa shape index (κ3) is 5.07. The summed E-state index contributed by atoms with van der Waals surface area (Å²) in [6, 6.07) is 2.40. The second-order valence-electron chi connectivity index (χ2n) is 5.68. The number of benzene rings is 1. The van der Waals surface area contributed by atoms with Gasteiger partial charge in [-0.1, -0.05) is 6.07 Å². The summed E-state index contributed by atoms with van der Waals surface area (Å²) in [5.41, 5.74) is 4.29. The van der Waals surface area contributed by atoms with Crippen LogP contribution in [0.15, 0.2) is 18.2 Å². The number of amides is 1. The van der Waals surface area contributed by atoms with Crippen molar-refractivity contribution >= 4 is 11.9 Å². The third-order valence-corrected chi connectivity index (χ3v) is 3.17. The number of nitrogens with one attached hydrogen (secondary N) is 1. The van der Waals surface area contributed by atoms with Crippen molar-refractivity contribution in [2.45, 2.75) is 44.7 Å². The lowest BCUT2D eigenvalue weighted by atomic mass is 10.0. The Hall–Kier alpha value is -2.02. The predicted molar refractivity (Wildman–Crippen MR) is 77.1 cm³/mol. The first kappa shape index (κ1) is 18.0. The topological polar surface area (TPSA) is 92.4 Å². The van der Waals surface area contributed by atoms with Crippen LogP contribution in [0.5, 0.6) is 0 Å². The normalized spacial score (nSPS) is 12.8. The number of carbonyl (C=O) groups is 2. The average Bonchev–Trinajstić information content (AvgIpc) is 2.39. The average molecular weight is 314 g/mol. The van der Waals surface area contributed by atoms with E-state index in [1.54, 1.807) is 0 Å². The van der Waals surface area contributed by atoms with Crippen LogP contribution < -0.4 is 11.1 Å². The maximum atomic E-state index is 13.5. The summed E-state index contributed by atoms with van der Waals surface area (Å²) in [4.78, 5) is 22.8. The summed E-state index contributed by atoms with van der Waals surface area (Å²) < 4.78 is 26.9. The van der Waals surface area contributed by atoms with Crippen molar-refractivity contribution in [2.24, 2.45) is 5.73 Å². The molecule has 0 aromatic heterocycles. The van der Waals surface area contributed by atoms with E-state index in [2.05, 4.69) is 5.32 Å². The fourth-order valence-electron chi connectivity index (χ4n) is 1.86. The molecule has 0 fully saturated rings. The summed E-state index contributed by atoms with van der Waals surface area (Å²) in [6.07, 6.45) is 0.301. The molecule has 0 aliphatic rings. The molecule has 0 spiro atoms. The minimum absolute atomic E-state index is 0.0458. The van der Waals surface area contributed by atoms with Crippen molar-refractivity contribution in [3.63, 3.8) is 0 Å². The first-order valence-electron chi connectivity index (χ1n) is 6.88. The maximum Gasteiger partial charge on any atom is 0.326 e. The van der Waals surface area contributed by atoms with E-state index in [0.717, 1.165) is 12.1 Å². The van der Waals surface area contributed by atoms with Gasteiger partial charge in [0.2, 0.25) is 5.91 Å². The zero-order valence-electron chi connectivity index (χ0n) is 12.5. The molecular weight excluding hydrogens is 294 g/mol. The van der Waals surface area contributed by atoms with Crippen molar-refractivity contribution in [1.29, 1.82) is 0 Å². The number of hydrogen-bond acceptors (Lipinski definition) is 3. The summed E-state index contributed by atoms with van der Waals surface area (Å²) in [5.74, 6) is -3.15. The molecule has 0 aliphatic heterocycles. The van der Waals surface area contributed by atoms with Crippen LogP contribution in [0.3, 0.4) is 0 Å². The highest BCUT2D eigenvalue weighted by Crippen LogP contribution is 2.15. The van der Waals surface area contributed by atoms with Gasteiger partial charge in [0.25, 0.3) is 0 Å². The predicted octanol–water partition coefficient (Wildman–Crippen LogP) is 1.59. The quantitative estimate of drug-likeness (QED) is 0.712. The number of carboxylic acid groups (broad SMARTS) is 1. The molecule has 0 saturated heterocycles. The van der Waals surface area contributed by atoms with Crippen molar-refractivity contribution in [2.75, 3.05) is 0 Å². The zero-order chi connectivity index (χ0) is 16.9. The molecule has 0 unspecified atom stereocenters. The molecule has 1 aromatic carbocycles. The molecule has 7 heteroatoms. The Morgan fingerprint density at radius 2 is 1.86 bits per heavy atom. The molecule has 1 atom stereocenters. The number of nitrogens with two attached hydrogens (primary N) is 1. The standard InChI is InChI=1S/C15H20F2N2O3/c1-15(2,18)14(22)19-12(13(20)21)8-3-5-9-10(16)6-4-7-11(9)17/h4,6-7,12H,3,5,8,18H2,1-2H3,(H,19,22)(H,20,21)/t12-/m1/s1. The van der Waals surface area contributed by atoms with Gasteiger partial charge in [0.05, 0.1) is 5.54 Å². The largest absolute Gasteiger partial charge is 0.480 e. The van der Waals surface area contributed by atoms with Crippen LogP contribution in [0, 0.1) is 11.6 Å². The molecule has 0 saturated carbocycles. The fourth-order valence-corrected chi connectivity index (χ4v) is 1.86. The van der Waals surface area contributed by atoms with Crippen LogP contribution in [0.2, 0.25) is 0 Å². The van der Waals surface area contributed by atoms with Crippen LogP contribution in [-0.4, -0.2) is 28.6 Å². The number of halogens is 2. The van der Waals surface area contributed by atoms with Crippen LogP contribution >= 0.6 is 0 Å². The second kappa shape index (κ2) is 7.31. The molecule has 0 bridgehead atoms. The number of rotatable bonds is 7. The molecule has 22 heavy (non-hydrogen) atoms. The van der Waals surface area contributed by atoms with Crippen LogP contribution in [0.25, 0.3) is 0 Å². The number of aliphatic carboxylic acids is 1. The smallest absolute Gasteiger partial charge is 0.326 e. The Kier molecular flexibility index (Phi) is 5.99. The Morgan fingerprint density at radius 3 is 2.32 bits per heavy atom. The highest BCUT2D eigenvalue weighted by atomic mass is 19.1. The highest BCUT2D eigenvalue weighted by Gasteiger charge is 2.27. The van der Waals surface area contributed by atoms with E-state index in [1.807, 2.05) is 0 Å². The summed E-state index contributed by atoms with van der Waals surface area (Å²) >= 11 is 0. The molecule has 0 radical (unpaired) electrons. The van der Waals surface area contributed by atoms with Gasteiger partial charge in [-0.2, -0.15) is 0 Å². The lowest BCUT2D eigenvalue weighted by Crippen LogP contribution is -2.54. The molecule has 0 aliphatic carbocycles. The van der Waals surface area contributed by atoms with E-state index in [9.17, 15) is 18.4 Å².